The molecule has 3 N–H and O–H groups in total. The van der Waals surface area contributed by atoms with Gasteiger partial charge in [0.05, 0.1) is 24.7 Å². The van der Waals surface area contributed by atoms with Crippen LogP contribution in [-0.2, 0) is 7.05 Å². The van der Waals surface area contributed by atoms with Crippen molar-refractivity contribution in [3.63, 3.8) is 0 Å². The molecule has 5 heteroatoms. The van der Waals surface area contributed by atoms with Crippen molar-refractivity contribution in [3.8, 4) is 5.75 Å². The lowest BCUT2D eigenvalue weighted by Crippen LogP contribution is -2.30. The van der Waals surface area contributed by atoms with E-state index >= 15 is 0 Å². The van der Waals surface area contributed by atoms with Crippen LogP contribution in [0, 0.1) is 0 Å². The molecular formula is C15H20N4O. The Kier molecular flexibility index (Phi) is 3.71. The molecule has 0 fully saturated rings. The van der Waals surface area contributed by atoms with E-state index in [4.69, 9.17) is 10.6 Å². The minimum absolute atomic E-state index is 0.0624. The van der Waals surface area contributed by atoms with Crippen LogP contribution < -0.4 is 16.0 Å². The quantitative estimate of drug-likeness (QED) is 0.659. The van der Waals surface area contributed by atoms with Crippen molar-refractivity contribution in [2.45, 2.75) is 24.8 Å². The van der Waals surface area contributed by atoms with E-state index in [0.717, 1.165) is 30.9 Å². The molecule has 1 aromatic heterocycles. The van der Waals surface area contributed by atoms with Gasteiger partial charge in [0.25, 0.3) is 0 Å². The lowest BCUT2D eigenvalue weighted by Gasteiger charge is -2.28. The lowest BCUT2D eigenvalue weighted by molar-refractivity contribution is 0.255. The van der Waals surface area contributed by atoms with E-state index in [1.54, 1.807) is 6.33 Å². The average Bonchev–Trinajstić information content (AvgIpc) is 2.91. The molecular weight excluding hydrogens is 252 g/mol. The first-order valence-corrected chi connectivity index (χ1v) is 6.93. The predicted molar refractivity (Wildman–Crippen MR) is 77.2 cm³/mol. The number of hydrogen-bond acceptors (Lipinski definition) is 4. The van der Waals surface area contributed by atoms with Crippen molar-refractivity contribution >= 4 is 0 Å². The molecule has 3 rings (SSSR count). The monoisotopic (exact) mass is 272 g/mol. The van der Waals surface area contributed by atoms with Crippen molar-refractivity contribution < 1.29 is 4.74 Å². The predicted octanol–water partition coefficient (Wildman–Crippen LogP) is 1.88. The zero-order valence-electron chi connectivity index (χ0n) is 11.6. The highest BCUT2D eigenvalue weighted by Crippen LogP contribution is 2.38. The van der Waals surface area contributed by atoms with Crippen LogP contribution in [0.4, 0.5) is 0 Å². The summed E-state index contributed by atoms with van der Waals surface area (Å²) in [5.74, 6) is 7.17. The number of rotatable bonds is 4. The van der Waals surface area contributed by atoms with Crippen LogP contribution in [0.2, 0.25) is 0 Å². The molecule has 2 unspecified atom stereocenters. The van der Waals surface area contributed by atoms with E-state index in [-0.39, 0.29) is 6.04 Å². The number of benzene rings is 1. The van der Waals surface area contributed by atoms with E-state index in [1.165, 1.54) is 5.56 Å². The summed E-state index contributed by atoms with van der Waals surface area (Å²) in [6.45, 7) is 0.765. The van der Waals surface area contributed by atoms with Crippen molar-refractivity contribution in [1.29, 1.82) is 0 Å². The van der Waals surface area contributed by atoms with E-state index in [9.17, 15) is 0 Å². The van der Waals surface area contributed by atoms with Gasteiger partial charge in [0.1, 0.15) is 5.75 Å². The molecule has 0 saturated heterocycles. The fourth-order valence-corrected chi connectivity index (χ4v) is 2.83. The van der Waals surface area contributed by atoms with Crippen LogP contribution in [0.25, 0.3) is 0 Å². The number of hydrogen-bond donors (Lipinski definition) is 2. The molecule has 2 heterocycles. The maximum Gasteiger partial charge on any atom is 0.122 e. The summed E-state index contributed by atoms with van der Waals surface area (Å²) in [5, 5.41) is 0. The van der Waals surface area contributed by atoms with E-state index in [2.05, 4.69) is 22.5 Å². The topological polar surface area (TPSA) is 65.1 Å². The van der Waals surface area contributed by atoms with Gasteiger partial charge in [-0.2, -0.15) is 0 Å². The molecule has 0 radical (unpaired) electrons. The number of ether oxygens (including phenoxy) is 1. The molecule has 5 nitrogen and oxygen atoms in total. The zero-order chi connectivity index (χ0) is 13.9. The van der Waals surface area contributed by atoms with Crippen LogP contribution in [0.5, 0.6) is 5.75 Å². The molecule has 2 aromatic rings. The maximum absolute atomic E-state index is 5.72. The van der Waals surface area contributed by atoms with Crippen molar-refractivity contribution in [2.75, 3.05) is 6.61 Å². The Balaban J connectivity index is 1.80. The number of nitrogens with one attached hydrogen (secondary N) is 1. The van der Waals surface area contributed by atoms with Gasteiger partial charge < -0.3 is 9.30 Å². The Morgan fingerprint density at radius 3 is 3.10 bits per heavy atom. The summed E-state index contributed by atoms with van der Waals surface area (Å²) in [6, 6.07) is 8.32. The molecule has 0 spiro atoms. The fourth-order valence-electron chi connectivity index (χ4n) is 2.83. The van der Waals surface area contributed by atoms with Gasteiger partial charge in [-0.25, -0.2) is 4.98 Å². The third kappa shape index (κ3) is 2.55. The summed E-state index contributed by atoms with van der Waals surface area (Å²) in [5.41, 5.74) is 5.15. The summed E-state index contributed by atoms with van der Waals surface area (Å²) >= 11 is 0. The number of para-hydroxylation sites is 1. The molecule has 20 heavy (non-hydrogen) atoms. The number of hydrazine groups is 1. The van der Waals surface area contributed by atoms with Crippen molar-refractivity contribution in [1.82, 2.24) is 15.0 Å². The molecule has 0 amide bonds. The second kappa shape index (κ2) is 5.64. The molecule has 1 aromatic carbocycles. The first kappa shape index (κ1) is 13.1. The number of nitrogens with zero attached hydrogens (tertiary/aromatic N) is 2. The number of aryl methyl sites for hydroxylation is 1. The SMILES string of the molecule is Cn1cnc(C(CC2CCOc3ccccc32)NN)c1. The van der Waals surface area contributed by atoms with Gasteiger partial charge in [-0.1, -0.05) is 18.2 Å². The Morgan fingerprint density at radius 2 is 2.35 bits per heavy atom. The number of aromatic nitrogens is 2. The maximum atomic E-state index is 5.72. The van der Waals surface area contributed by atoms with Crippen LogP contribution in [0.15, 0.2) is 36.8 Å². The minimum Gasteiger partial charge on any atom is -0.493 e. The van der Waals surface area contributed by atoms with Crippen LogP contribution in [0.1, 0.15) is 36.1 Å². The van der Waals surface area contributed by atoms with E-state index < -0.39 is 0 Å². The number of nitrogens with two attached hydrogens (primary N) is 1. The smallest absolute Gasteiger partial charge is 0.122 e. The minimum atomic E-state index is 0.0624. The Hall–Kier alpha value is -1.85. The summed E-state index contributed by atoms with van der Waals surface area (Å²) in [6.07, 6.45) is 5.75. The summed E-state index contributed by atoms with van der Waals surface area (Å²) < 4.78 is 7.65. The third-order valence-electron chi connectivity index (χ3n) is 3.89. The van der Waals surface area contributed by atoms with Gasteiger partial charge in [0.2, 0.25) is 0 Å². The molecule has 0 aliphatic carbocycles. The first-order valence-electron chi connectivity index (χ1n) is 6.93. The van der Waals surface area contributed by atoms with Crippen LogP contribution in [0.3, 0.4) is 0 Å². The first-order chi connectivity index (χ1) is 9.78. The third-order valence-corrected chi connectivity index (χ3v) is 3.89. The normalized spacial score (nSPS) is 19.2. The van der Waals surface area contributed by atoms with Crippen molar-refractivity contribution in [2.24, 2.45) is 12.9 Å². The fraction of sp³-hybridized carbons (Fsp3) is 0.400. The largest absolute Gasteiger partial charge is 0.493 e. The molecule has 2 atom stereocenters. The Morgan fingerprint density at radius 1 is 1.50 bits per heavy atom. The molecule has 0 saturated carbocycles. The zero-order valence-corrected chi connectivity index (χ0v) is 11.6. The average molecular weight is 272 g/mol. The van der Waals surface area contributed by atoms with E-state index in [0.29, 0.717) is 5.92 Å². The molecule has 1 aliphatic heterocycles. The van der Waals surface area contributed by atoms with Gasteiger partial charge in [0, 0.05) is 13.2 Å². The highest BCUT2D eigenvalue weighted by molar-refractivity contribution is 5.38. The molecule has 1 aliphatic rings. The van der Waals surface area contributed by atoms with Crippen LogP contribution >= 0.6 is 0 Å². The highest BCUT2D eigenvalue weighted by atomic mass is 16.5. The van der Waals surface area contributed by atoms with Crippen LogP contribution in [-0.4, -0.2) is 16.2 Å². The van der Waals surface area contributed by atoms with E-state index in [1.807, 2.05) is 29.9 Å². The number of imidazole rings is 1. The second-order valence-corrected chi connectivity index (χ2v) is 5.29. The van der Waals surface area contributed by atoms with Gasteiger partial charge >= 0.3 is 0 Å². The molecule has 0 bridgehead atoms. The van der Waals surface area contributed by atoms with Gasteiger partial charge in [-0.15, -0.1) is 0 Å². The van der Waals surface area contributed by atoms with Gasteiger partial charge in [0.15, 0.2) is 0 Å². The summed E-state index contributed by atoms with van der Waals surface area (Å²) in [4.78, 5) is 4.40. The van der Waals surface area contributed by atoms with Crippen molar-refractivity contribution in [3.05, 3.63) is 48.0 Å². The Bertz CT molecular complexity index is 581. The number of fused-ring (bicyclic) bond motifs is 1. The highest BCUT2D eigenvalue weighted by Gasteiger charge is 2.25. The van der Waals surface area contributed by atoms with Gasteiger partial charge in [-0.3, -0.25) is 11.3 Å². The molecule has 106 valence electrons. The van der Waals surface area contributed by atoms with Gasteiger partial charge in [-0.05, 0) is 30.4 Å². The lowest BCUT2D eigenvalue weighted by atomic mass is 9.87. The standard InChI is InChI=1S/C15H20N4O/c1-19-9-14(17-10-19)13(18-16)8-11-6-7-20-15-5-3-2-4-12(11)15/h2-5,9-11,13,18H,6-8,16H2,1H3. The Labute approximate surface area is 118 Å². The second-order valence-electron chi connectivity index (χ2n) is 5.29. The summed E-state index contributed by atoms with van der Waals surface area (Å²) in [7, 11) is 1.97.